The predicted molar refractivity (Wildman–Crippen MR) is 120 cm³/mol. The Hall–Kier alpha value is -3.08. The van der Waals surface area contributed by atoms with E-state index in [0.29, 0.717) is 6.42 Å². The van der Waals surface area contributed by atoms with Crippen LogP contribution in [0.5, 0.6) is 0 Å². The Labute approximate surface area is 178 Å². The molecule has 0 aromatic heterocycles. The van der Waals surface area contributed by atoms with E-state index in [1.165, 1.54) is 7.11 Å². The van der Waals surface area contributed by atoms with Gasteiger partial charge in [-0.15, -0.1) is 0 Å². The van der Waals surface area contributed by atoms with Gasteiger partial charge in [0.1, 0.15) is 0 Å². The van der Waals surface area contributed by atoms with E-state index < -0.39 is 5.54 Å². The van der Waals surface area contributed by atoms with Gasteiger partial charge in [0.15, 0.2) is 0 Å². The van der Waals surface area contributed by atoms with Crippen molar-refractivity contribution in [1.82, 2.24) is 5.32 Å². The largest absolute Gasteiger partial charge is 0.469 e. The van der Waals surface area contributed by atoms with Gasteiger partial charge in [-0.1, -0.05) is 48.6 Å². The molecule has 1 aliphatic rings. The van der Waals surface area contributed by atoms with E-state index >= 15 is 0 Å². The summed E-state index contributed by atoms with van der Waals surface area (Å²) in [5.74, 6) is -0.642. The number of carbonyl (C=O) groups excluding carboxylic acids is 2. The molecule has 5 heteroatoms. The number of anilines is 1. The number of esters is 1. The summed E-state index contributed by atoms with van der Waals surface area (Å²) in [5, 5.41) is 3.18. The molecule has 2 unspecified atom stereocenters. The third kappa shape index (κ3) is 4.11. The lowest BCUT2D eigenvalue weighted by molar-refractivity contribution is -0.142. The molecule has 0 saturated carbocycles. The molecule has 1 N–H and O–H groups in total. The Morgan fingerprint density at radius 1 is 1.17 bits per heavy atom. The highest BCUT2D eigenvalue weighted by molar-refractivity contribution is 5.96. The molecule has 30 heavy (non-hydrogen) atoms. The van der Waals surface area contributed by atoms with Crippen LogP contribution in [0, 0.1) is 0 Å². The first kappa shape index (κ1) is 21.6. The Morgan fingerprint density at radius 2 is 1.87 bits per heavy atom. The van der Waals surface area contributed by atoms with Crippen molar-refractivity contribution in [2.45, 2.75) is 51.6 Å². The van der Waals surface area contributed by atoms with Crippen LogP contribution < -0.4 is 10.2 Å². The number of benzene rings is 2. The summed E-state index contributed by atoms with van der Waals surface area (Å²) < 4.78 is 4.99. The van der Waals surface area contributed by atoms with E-state index in [4.69, 9.17) is 4.74 Å². The smallest absolute Gasteiger partial charge is 0.322 e. The lowest BCUT2D eigenvalue weighted by Crippen LogP contribution is -2.53. The summed E-state index contributed by atoms with van der Waals surface area (Å²) >= 11 is 0. The fraction of sp³-hybridized carbons (Fsp3) is 0.360. The van der Waals surface area contributed by atoms with Gasteiger partial charge in [-0.25, -0.2) is 4.79 Å². The number of urea groups is 1. The van der Waals surface area contributed by atoms with Gasteiger partial charge in [-0.2, -0.15) is 0 Å². The minimum Gasteiger partial charge on any atom is -0.469 e. The molecule has 1 heterocycles. The number of nitrogens with one attached hydrogen (secondary N) is 1. The van der Waals surface area contributed by atoms with Gasteiger partial charge >= 0.3 is 12.0 Å². The molecule has 2 aromatic carbocycles. The maximum absolute atomic E-state index is 13.4. The van der Waals surface area contributed by atoms with Crippen LogP contribution in [-0.4, -0.2) is 25.2 Å². The van der Waals surface area contributed by atoms with Crippen LogP contribution in [-0.2, 0) is 15.1 Å². The Balaban J connectivity index is 1.91. The second-order valence-electron chi connectivity index (χ2n) is 8.51. The number of hydrogen-bond donors (Lipinski definition) is 1. The van der Waals surface area contributed by atoms with Crippen molar-refractivity contribution in [3.05, 3.63) is 71.8 Å². The van der Waals surface area contributed by atoms with Crippen molar-refractivity contribution in [3.63, 3.8) is 0 Å². The van der Waals surface area contributed by atoms with E-state index in [1.54, 1.807) is 4.90 Å². The van der Waals surface area contributed by atoms with Crippen LogP contribution in [0.1, 0.15) is 56.7 Å². The Bertz CT molecular complexity index is 980. The first-order chi connectivity index (χ1) is 14.2. The van der Waals surface area contributed by atoms with E-state index in [2.05, 4.69) is 18.0 Å². The molecule has 0 fully saturated rings. The fourth-order valence-corrected chi connectivity index (χ4v) is 4.06. The second kappa shape index (κ2) is 8.34. The van der Waals surface area contributed by atoms with E-state index in [1.807, 2.05) is 70.2 Å². The van der Waals surface area contributed by atoms with Crippen LogP contribution in [0.4, 0.5) is 10.5 Å². The highest BCUT2D eigenvalue weighted by Crippen LogP contribution is 2.39. The van der Waals surface area contributed by atoms with Crippen molar-refractivity contribution in [2.75, 3.05) is 12.0 Å². The van der Waals surface area contributed by atoms with Crippen molar-refractivity contribution in [2.24, 2.45) is 0 Å². The zero-order valence-corrected chi connectivity index (χ0v) is 18.4. The highest BCUT2D eigenvalue weighted by Gasteiger charge is 2.38. The van der Waals surface area contributed by atoms with Gasteiger partial charge in [0.05, 0.1) is 18.6 Å². The first-order valence-corrected chi connectivity index (χ1v) is 10.2. The molecule has 1 aliphatic heterocycles. The van der Waals surface area contributed by atoms with Crippen molar-refractivity contribution in [3.8, 4) is 0 Å². The van der Waals surface area contributed by atoms with Crippen LogP contribution in [0.25, 0.3) is 5.57 Å². The summed E-state index contributed by atoms with van der Waals surface area (Å²) in [5.41, 5.74) is 4.01. The predicted octanol–water partition coefficient (Wildman–Crippen LogP) is 5.22. The molecule has 2 atom stereocenters. The number of fused-ring (bicyclic) bond motifs is 1. The number of para-hydroxylation sites is 1. The summed E-state index contributed by atoms with van der Waals surface area (Å²) in [6.07, 6.45) is 0.517. The van der Waals surface area contributed by atoms with Gasteiger partial charge in [-0.3, -0.25) is 9.69 Å². The molecular weight excluding hydrogens is 376 g/mol. The van der Waals surface area contributed by atoms with Gasteiger partial charge in [0.25, 0.3) is 0 Å². The summed E-state index contributed by atoms with van der Waals surface area (Å²) in [7, 11) is 1.40. The number of rotatable bonds is 4. The summed E-state index contributed by atoms with van der Waals surface area (Å²) in [4.78, 5) is 27.5. The van der Waals surface area contributed by atoms with E-state index in [9.17, 15) is 9.59 Å². The molecule has 158 valence electrons. The van der Waals surface area contributed by atoms with Crippen molar-refractivity contribution < 1.29 is 14.3 Å². The van der Waals surface area contributed by atoms with Crippen molar-refractivity contribution in [1.29, 1.82) is 0 Å². The molecule has 0 aliphatic carbocycles. The zero-order valence-electron chi connectivity index (χ0n) is 18.4. The molecule has 0 bridgehead atoms. The molecule has 2 amide bonds. The fourth-order valence-electron chi connectivity index (χ4n) is 4.06. The minimum absolute atomic E-state index is 0.151. The standard InChI is InChI=1S/C25H30N2O3/c1-16(2)18-10-9-11-19(15-18)25(4,5)26-24(29)27-17(3)14-21(23(28)30-6)20-12-7-8-13-22(20)27/h7-13,15,17,21H,1,14H2,2-6H3,(H,26,29). The maximum Gasteiger partial charge on any atom is 0.322 e. The number of amides is 2. The van der Waals surface area contributed by atoms with Crippen LogP contribution in [0.2, 0.25) is 0 Å². The minimum atomic E-state index is -0.587. The van der Waals surface area contributed by atoms with Gasteiger partial charge in [0.2, 0.25) is 0 Å². The summed E-state index contributed by atoms with van der Waals surface area (Å²) in [6.45, 7) is 11.9. The maximum atomic E-state index is 13.4. The topological polar surface area (TPSA) is 58.6 Å². The monoisotopic (exact) mass is 406 g/mol. The zero-order chi connectivity index (χ0) is 22.1. The number of hydrogen-bond acceptors (Lipinski definition) is 3. The molecular formula is C25H30N2O3. The van der Waals surface area contributed by atoms with Crippen LogP contribution >= 0.6 is 0 Å². The average Bonchev–Trinajstić information content (AvgIpc) is 2.72. The lowest BCUT2D eigenvalue weighted by Gasteiger charge is -2.40. The first-order valence-electron chi connectivity index (χ1n) is 10.2. The highest BCUT2D eigenvalue weighted by atomic mass is 16.5. The summed E-state index contributed by atoms with van der Waals surface area (Å²) in [6, 6.07) is 15.3. The normalized spacial score (nSPS) is 18.4. The molecule has 0 saturated heterocycles. The average molecular weight is 407 g/mol. The third-order valence-electron chi connectivity index (χ3n) is 5.79. The van der Waals surface area contributed by atoms with Crippen molar-refractivity contribution >= 4 is 23.3 Å². The van der Waals surface area contributed by atoms with E-state index in [0.717, 1.165) is 28.0 Å². The van der Waals surface area contributed by atoms with Gasteiger partial charge in [-0.05, 0) is 62.9 Å². The van der Waals surface area contributed by atoms with Crippen LogP contribution in [0.3, 0.4) is 0 Å². The second-order valence-corrected chi connectivity index (χ2v) is 8.51. The molecule has 3 rings (SSSR count). The number of methoxy groups -OCH3 is 1. The number of allylic oxidation sites excluding steroid dienone is 1. The third-order valence-corrected chi connectivity index (χ3v) is 5.79. The lowest BCUT2D eigenvalue weighted by atomic mass is 9.86. The Morgan fingerprint density at radius 3 is 2.53 bits per heavy atom. The number of carbonyl (C=O) groups is 2. The molecule has 2 aromatic rings. The number of ether oxygens (including phenoxy) is 1. The quantitative estimate of drug-likeness (QED) is 0.708. The number of nitrogens with zero attached hydrogens (tertiary/aromatic N) is 1. The molecule has 0 spiro atoms. The molecule has 0 radical (unpaired) electrons. The Kier molecular flexibility index (Phi) is 6.01. The van der Waals surface area contributed by atoms with Gasteiger partial charge in [0, 0.05) is 11.7 Å². The van der Waals surface area contributed by atoms with Gasteiger partial charge < -0.3 is 10.1 Å². The van der Waals surface area contributed by atoms with E-state index in [-0.39, 0.29) is 24.0 Å². The van der Waals surface area contributed by atoms with Crippen LogP contribution in [0.15, 0.2) is 55.1 Å². The SMILES string of the molecule is C=C(C)c1cccc(C(C)(C)NC(=O)N2c3ccccc3C(C(=O)OC)CC2C)c1. The molecule has 5 nitrogen and oxygen atoms in total.